The van der Waals surface area contributed by atoms with E-state index >= 15 is 0 Å². The van der Waals surface area contributed by atoms with Crippen LogP contribution in [-0.2, 0) is 11.2 Å². The van der Waals surface area contributed by atoms with Crippen LogP contribution < -0.4 is 5.32 Å². The summed E-state index contributed by atoms with van der Waals surface area (Å²) in [7, 11) is 0. The van der Waals surface area contributed by atoms with Crippen molar-refractivity contribution in [1.82, 2.24) is 5.32 Å². The average Bonchev–Trinajstić information content (AvgIpc) is 2.71. The van der Waals surface area contributed by atoms with E-state index in [1.165, 1.54) is 4.88 Å². The Balaban J connectivity index is 2.02. The summed E-state index contributed by atoms with van der Waals surface area (Å²) < 4.78 is 0. The van der Waals surface area contributed by atoms with Gasteiger partial charge < -0.3 is 5.32 Å². The molecule has 0 aliphatic carbocycles. The van der Waals surface area contributed by atoms with E-state index in [2.05, 4.69) is 29.8 Å². The zero-order chi connectivity index (χ0) is 10.9. The number of carbonyl (C=O) groups excluding carboxylic acids is 1. The third kappa shape index (κ3) is 5.57. The van der Waals surface area contributed by atoms with Gasteiger partial charge in [-0.05, 0) is 30.7 Å². The smallest absolute Gasteiger partial charge is 0.220 e. The van der Waals surface area contributed by atoms with Crippen molar-refractivity contribution in [1.29, 1.82) is 0 Å². The number of aryl methyl sites for hydroxylation is 1. The number of hydrogen-bond acceptors (Lipinski definition) is 2. The number of nitrogens with one attached hydrogen (secondary N) is 1. The number of carbonyl (C=O) groups is 1. The van der Waals surface area contributed by atoms with Crippen molar-refractivity contribution in [2.75, 3.05) is 6.54 Å². The largest absolute Gasteiger partial charge is 0.356 e. The van der Waals surface area contributed by atoms with Crippen LogP contribution >= 0.6 is 11.3 Å². The molecule has 0 spiro atoms. The molecule has 0 saturated carbocycles. The Labute approximate surface area is 95.7 Å². The van der Waals surface area contributed by atoms with Crippen molar-refractivity contribution < 1.29 is 4.79 Å². The quantitative estimate of drug-likeness (QED) is 0.710. The minimum atomic E-state index is 0.194. The van der Waals surface area contributed by atoms with Gasteiger partial charge in [-0.25, -0.2) is 0 Å². The van der Waals surface area contributed by atoms with Crippen LogP contribution in [0.4, 0.5) is 0 Å². The Morgan fingerprint density at radius 3 is 3.00 bits per heavy atom. The normalized spacial score (nSPS) is 10.2. The van der Waals surface area contributed by atoms with Crippen LogP contribution in [0.2, 0.25) is 0 Å². The molecule has 15 heavy (non-hydrogen) atoms. The lowest BCUT2D eigenvalue weighted by molar-refractivity contribution is -0.121. The van der Waals surface area contributed by atoms with Gasteiger partial charge in [0.25, 0.3) is 0 Å². The van der Waals surface area contributed by atoms with Gasteiger partial charge in [0, 0.05) is 17.8 Å². The van der Waals surface area contributed by atoms with Crippen molar-refractivity contribution in [3.05, 3.63) is 22.4 Å². The predicted octanol–water partition coefficient (Wildman–Crippen LogP) is 2.99. The minimum Gasteiger partial charge on any atom is -0.356 e. The molecular formula is C12H19NOS. The lowest BCUT2D eigenvalue weighted by Crippen LogP contribution is -2.23. The molecule has 1 rings (SSSR count). The summed E-state index contributed by atoms with van der Waals surface area (Å²) in [5.74, 6) is 0.194. The predicted molar refractivity (Wildman–Crippen MR) is 65.2 cm³/mol. The van der Waals surface area contributed by atoms with Gasteiger partial charge in [0.2, 0.25) is 5.91 Å². The fourth-order valence-electron chi connectivity index (χ4n) is 1.37. The molecular weight excluding hydrogens is 206 g/mol. The summed E-state index contributed by atoms with van der Waals surface area (Å²) in [6.07, 6.45) is 4.85. The fourth-order valence-corrected chi connectivity index (χ4v) is 2.12. The molecule has 0 aromatic carbocycles. The first kappa shape index (κ1) is 12.2. The highest BCUT2D eigenvalue weighted by Crippen LogP contribution is 2.11. The summed E-state index contributed by atoms with van der Waals surface area (Å²) in [5, 5.41) is 5.01. The Kier molecular flexibility index (Phi) is 6.09. The molecule has 0 atom stereocenters. The zero-order valence-corrected chi connectivity index (χ0v) is 10.1. The lowest BCUT2D eigenvalue weighted by atomic mass is 10.2. The van der Waals surface area contributed by atoms with E-state index < -0.39 is 0 Å². The summed E-state index contributed by atoms with van der Waals surface area (Å²) >= 11 is 1.76. The highest BCUT2D eigenvalue weighted by molar-refractivity contribution is 7.09. The standard InChI is InChI=1S/C12H19NOS/c1-2-3-9-13-12(14)8-4-6-11-7-5-10-15-11/h5,7,10H,2-4,6,8-9H2,1H3,(H,13,14). The van der Waals surface area contributed by atoms with Gasteiger partial charge in [-0.3, -0.25) is 4.79 Å². The first-order chi connectivity index (χ1) is 7.33. The van der Waals surface area contributed by atoms with Crippen molar-refractivity contribution >= 4 is 17.2 Å². The van der Waals surface area contributed by atoms with E-state index in [-0.39, 0.29) is 5.91 Å². The molecule has 1 aromatic rings. The van der Waals surface area contributed by atoms with Gasteiger partial charge in [-0.1, -0.05) is 19.4 Å². The van der Waals surface area contributed by atoms with Gasteiger partial charge in [0.1, 0.15) is 0 Å². The molecule has 0 aliphatic heterocycles. The average molecular weight is 225 g/mol. The van der Waals surface area contributed by atoms with Gasteiger partial charge in [0.15, 0.2) is 0 Å². The van der Waals surface area contributed by atoms with Gasteiger partial charge in [-0.15, -0.1) is 11.3 Å². The Hall–Kier alpha value is -0.830. The SMILES string of the molecule is CCCCNC(=O)CCCc1cccs1. The highest BCUT2D eigenvalue weighted by Gasteiger charge is 2.00. The van der Waals surface area contributed by atoms with E-state index in [0.29, 0.717) is 6.42 Å². The van der Waals surface area contributed by atoms with E-state index in [1.807, 2.05) is 0 Å². The summed E-state index contributed by atoms with van der Waals surface area (Å²) in [5.41, 5.74) is 0. The van der Waals surface area contributed by atoms with Crippen LogP contribution in [0.3, 0.4) is 0 Å². The molecule has 1 aromatic heterocycles. The molecule has 3 heteroatoms. The van der Waals surface area contributed by atoms with E-state index in [9.17, 15) is 4.79 Å². The maximum atomic E-state index is 11.3. The second kappa shape index (κ2) is 7.46. The molecule has 2 nitrogen and oxygen atoms in total. The van der Waals surface area contributed by atoms with Gasteiger partial charge in [-0.2, -0.15) is 0 Å². The second-order valence-corrected chi connectivity index (χ2v) is 4.67. The Morgan fingerprint density at radius 1 is 1.47 bits per heavy atom. The van der Waals surface area contributed by atoms with Crippen molar-refractivity contribution in [2.24, 2.45) is 0 Å². The molecule has 84 valence electrons. The molecule has 0 unspecified atom stereocenters. The van der Waals surface area contributed by atoms with Crippen LogP contribution in [0, 0.1) is 0 Å². The van der Waals surface area contributed by atoms with E-state index in [1.54, 1.807) is 11.3 Å². The van der Waals surface area contributed by atoms with Gasteiger partial charge in [0.05, 0.1) is 0 Å². The van der Waals surface area contributed by atoms with Crippen LogP contribution in [0.25, 0.3) is 0 Å². The molecule has 0 saturated heterocycles. The van der Waals surface area contributed by atoms with Crippen LogP contribution in [0.5, 0.6) is 0 Å². The monoisotopic (exact) mass is 225 g/mol. The molecule has 0 bridgehead atoms. The molecule has 1 heterocycles. The maximum absolute atomic E-state index is 11.3. The highest BCUT2D eigenvalue weighted by atomic mass is 32.1. The Bertz CT molecular complexity index is 269. The lowest BCUT2D eigenvalue weighted by Gasteiger charge is -2.03. The number of hydrogen-bond donors (Lipinski definition) is 1. The zero-order valence-electron chi connectivity index (χ0n) is 9.29. The van der Waals surface area contributed by atoms with E-state index in [4.69, 9.17) is 0 Å². The van der Waals surface area contributed by atoms with E-state index in [0.717, 1.165) is 32.2 Å². The first-order valence-electron chi connectivity index (χ1n) is 5.62. The molecule has 1 N–H and O–H groups in total. The maximum Gasteiger partial charge on any atom is 0.220 e. The third-order valence-electron chi connectivity index (χ3n) is 2.26. The minimum absolute atomic E-state index is 0.194. The molecule has 1 amide bonds. The second-order valence-electron chi connectivity index (χ2n) is 3.64. The number of amides is 1. The van der Waals surface area contributed by atoms with Crippen LogP contribution in [-0.4, -0.2) is 12.5 Å². The summed E-state index contributed by atoms with van der Waals surface area (Å²) in [6.45, 7) is 2.96. The fraction of sp³-hybridized carbons (Fsp3) is 0.583. The number of unbranched alkanes of at least 4 members (excludes halogenated alkanes) is 1. The van der Waals surface area contributed by atoms with Crippen molar-refractivity contribution in [2.45, 2.75) is 39.0 Å². The third-order valence-corrected chi connectivity index (χ3v) is 3.20. The van der Waals surface area contributed by atoms with Crippen molar-refractivity contribution in [3.8, 4) is 0 Å². The molecule has 0 radical (unpaired) electrons. The number of rotatable bonds is 7. The first-order valence-corrected chi connectivity index (χ1v) is 6.50. The summed E-state index contributed by atoms with van der Waals surface area (Å²) in [6, 6.07) is 4.18. The van der Waals surface area contributed by atoms with Gasteiger partial charge >= 0.3 is 0 Å². The number of thiophene rings is 1. The van der Waals surface area contributed by atoms with Crippen LogP contribution in [0.1, 0.15) is 37.5 Å². The van der Waals surface area contributed by atoms with Crippen molar-refractivity contribution in [3.63, 3.8) is 0 Å². The molecule has 0 fully saturated rings. The Morgan fingerprint density at radius 2 is 2.33 bits per heavy atom. The molecule has 0 aliphatic rings. The topological polar surface area (TPSA) is 29.1 Å². The van der Waals surface area contributed by atoms with Crippen LogP contribution in [0.15, 0.2) is 17.5 Å². The summed E-state index contributed by atoms with van der Waals surface area (Å²) in [4.78, 5) is 12.7.